The maximum atomic E-state index is 4.46. The third kappa shape index (κ3) is 1.88. The van der Waals surface area contributed by atoms with Crippen molar-refractivity contribution in [3.8, 4) is 10.6 Å². The molecule has 0 bridgehead atoms. The van der Waals surface area contributed by atoms with Crippen molar-refractivity contribution in [1.29, 1.82) is 0 Å². The molecule has 3 heteroatoms. The molecule has 2 rings (SSSR count). The summed E-state index contributed by atoms with van der Waals surface area (Å²) in [5, 5.41) is 1.08. The van der Waals surface area contributed by atoms with Gasteiger partial charge < -0.3 is 0 Å². The zero-order chi connectivity index (χ0) is 10.1. The van der Waals surface area contributed by atoms with E-state index in [0.717, 1.165) is 9.61 Å². The lowest BCUT2D eigenvalue weighted by molar-refractivity contribution is 1.32. The summed E-state index contributed by atoms with van der Waals surface area (Å²) in [5.41, 5.74) is 2.47. The molecular formula is C11H10BrNS. The summed E-state index contributed by atoms with van der Waals surface area (Å²) in [6.07, 6.45) is 0. The molecule has 0 N–H and O–H groups in total. The summed E-state index contributed by atoms with van der Waals surface area (Å²) >= 11 is 5.15. The highest BCUT2D eigenvalue weighted by molar-refractivity contribution is 9.10. The quantitative estimate of drug-likeness (QED) is 0.755. The second-order valence-corrected chi connectivity index (χ2v) is 5.19. The van der Waals surface area contributed by atoms with Crippen molar-refractivity contribution >= 4 is 27.3 Å². The second-order valence-electron chi connectivity index (χ2n) is 3.24. The predicted octanol–water partition coefficient (Wildman–Crippen LogP) is 4.19. The molecule has 72 valence electrons. The Balaban J connectivity index is 2.49. The van der Waals surface area contributed by atoms with Crippen molar-refractivity contribution in [3.63, 3.8) is 0 Å². The van der Waals surface area contributed by atoms with Gasteiger partial charge in [-0.25, -0.2) is 4.98 Å². The van der Waals surface area contributed by atoms with Crippen LogP contribution in [0.4, 0.5) is 0 Å². The summed E-state index contributed by atoms with van der Waals surface area (Å²) in [4.78, 5) is 5.68. The fourth-order valence-corrected chi connectivity index (χ4v) is 2.62. The van der Waals surface area contributed by atoms with Gasteiger partial charge >= 0.3 is 0 Å². The number of hydrogen-bond acceptors (Lipinski definition) is 2. The number of nitrogens with zero attached hydrogens (tertiary/aromatic N) is 1. The van der Waals surface area contributed by atoms with Gasteiger partial charge in [-0.1, -0.05) is 23.8 Å². The minimum absolute atomic E-state index is 0.957. The third-order valence-electron chi connectivity index (χ3n) is 2.01. The topological polar surface area (TPSA) is 12.9 Å². The SMILES string of the molecule is Cc1cccc(-c2nc(Br)c(C)s2)c1. The van der Waals surface area contributed by atoms with Gasteiger partial charge in [0.2, 0.25) is 0 Å². The van der Waals surface area contributed by atoms with Crippen molar-refractivity contribution < 1.29 is 0 Å². The lowest BCUT2D eigenvalue weighted by atomic mass is 10.1. The van der Waals surface area contributed by atoms with Crippen molar-refractivity contribution in [3.05, 3.63) is 39.3 Å². The molecule has 0 unspecified atom stereocenters. The average molecular weight is 268 g/mol. The van der Waals surface area contributed by atoms with E-state index in [1.54, 1.807) is 11.3 Å². The number of halogens is 1. The molecule has 0 saturated carbocycles. The maximum Gasteiger partial charge on any atom is 0.124 e. The lowest BCUT2D eigenvalue weighted by Crippen LogP contribution is -1.77. The number of aryl methyl sites for hydroxylation is 2. The maximum absolute atomic E-state index is 4.46. The number of aromatic nitrogens is 1. The van der Waals surface area contributed by atoms with Crippen LogP contribution < -0.4 is 0 Å². The van der Waals surface area contributed by atoms with Crippen LogP contribution in [0.5, 0.6) is 0 Å². The van der Waals surface area contributed by atoms with E-state index in [0.29, 0.717) is 0 Å². The highest BCUT2D eigenvalue weighted by Gasteiger charge is 2.06. The normalized spacial score (nSPS) is 10.5. The molecule has 1 aromatic carbocycles. The highest BCUT2D eigenvalue weighted by atomic mass is 79.9. The Kier molecular flexibility index (Phi) is 2.70. The number of thiazole rings is 1. The first-order valence-electron chi connectivity index (χ1n) is 4.37. The fourth-order valence-electron chi connectivity index (χ4n) is 1.28. The molecule has 0 aliphatic rings. The van der Waals surface area contributed by atoms with Gasteiger partial charge in [0.1, 0.15) is 9.61 Å². The van der Waals surface area contributed by atoms with E-state index in [2.05, 4.69) is 59.0 Å². The zero-order valence-electron chi connectivity index (χ0n) is 8.04. The van der Waals surface area contributed by atoms with Crippen LogP contribution >= 0.6 is 27.3 Å². The molecule has 1 nitrogen and oxygen atoms in total. The van der Waals surface area contributed by atoms with Gasteiger partial charge in [0.15, 0.2) is 0 Å². The molecule has 0 radical (unpaired) electrons. The van der Waals surface area contributed by atoms with E-state index in [1.165, 1.54) is 16.0 Å². The van der Waals surface area contributed by atoms with Crippen molar-refractivity contribution in [2.45, 2.75) is 13.8 Å². The first kappa shape index (κ1) is 9.87. The minimum atomic E-state index is 0.957. The average Bonchev–Trinajstić information content (AvgIpc) is 2.47. The van der Waals surface area contributed by atoms with Crippen LogP contribution in [-0.4, -0.2) is 4.98 Å². The number of benzene rings is 1. The Hall–Kier alpha value is -0.670. The molecule has 0 fully saturated rings. The molecule has 2 aromatic rings. The van der Waals surface area contributed by atoms with Crippen molar-refractivity contribution in [1.82, 2.24) is 4.98 Å². The smallest absolute Gasteiger partial charge is 0.124 e. The first-order valence-corrected chi connectivity index (χ1v) is 5.98. The Morgan fingerprint density at radius 2 is 2.07 bits per heavy atom. The number of hydrogen-bond donors (Lipinski definition) is 0. The molecule has 0 spiro atoms. The van der Waals surface area contributed by atoms with Crippen LogP contribution in [0.25, 0.3) is 10.6 Å². The van der Waals surface area contributed by atoms with Gasteiger partial charge in [-0.3, -0.25) is 0 Å². The second kappa shape index (κ2) is 3.83. The summed E-state index contributed by atoms with van der Waals surface area (Å²) in [7, 11) is 0. The Morgan fingerprint density at radius 1 is 1.29 bits per heavy atom. The van der Waals surface area contributed by atoms with Crippen molar-refractivity contribution in [2.75, 3.05) is 0 Å². The van der Waals surface area contributed by atoms with Crippen LogP contribution in [0.1, 0.15) is 10.4 Å². The molecule has 1 heterocycles. The monoisotopic (exact) mass is 267 g/mol. The third-order valence-corrected chi connectivity index (χ3v) is 4.06. The zero-order valence-corrected chi connectivity index (χ0v) is 10.4. The molecule has 0 saturated heterocycles. The first-order chi connectivity index (χ1) is 6.66. The number of rotatable bonds is 1. The molecule has 14 heavy (non-hydrogen) atoms. The summed E-state index contributed by atoms with van der Waals surface area (Å²) in [6.45, 7) is 4.17. The molecular weight excluding hydrogens is 258 g/mol. The lowest BCUT2D eigenvalue weighted by Gasteiger charge is -1.96. The van der Waals surface area contributed by atoms with Gasteiger partial charge in [-0.15, -0.1) is 11.3 Å². The van der Waals surface area contributed by atoms with E-state index < -0.39 is 0 Å². The molecule has 0 amide bonds. The summed E-state index contributed by atoms with van der Waals surface area (Å²) in [5.74, 6) is 0. The van der Waals surface area contributed by atoms with Crippen LogP contribution in [-0.2, 0) is 0 Å². The molecule has 0 atom stereocenters. The standard InChI is InChI=1S/C11H10BrNS/c1-7-4-3-5-9(6-7)11-13-10(12)8(2)14-11/h3-6H,1-2H3. The van der Waals surface area contributed by atoms with Gasteiger partial charge in [0.05, 0.1) is 0 Å². The molecule has 0 aliphatic carbocycles. The Morgan fingerprint density at radius 3 is 2.64 bits per heavy atom. The van der Waals surface area contributed by atoms with E-state index >= 15 is 0 Å². The highest BCUT2D eigenvalue weighted by Crippen LogP contribution is 2.30. The van der Waals surface area contributed by atoms with Crippen LogP contribution in [0.3, 0.4) is 0 Å². The predicted molar refractivity (Wildman–Crippen MR) is 64.7 cm³/mol. The minimum Gasteiger partial charge on any atom is -0.229 e. The summed E-state index contributed by atoms with van der Waals surface area (Å²) < 4.78 is 0.957. The van der Waals surface area contributed by atoms with Gasteiger partial charge in [0, 0.05) is 10.4 Å². The largest absolute Gasteiger partial charge is 0.229 e. The van der Waals surface area contributed by atoms with Crippen LogP contribution in [0.2, 0.25) is 0 Å². The van der Waals surface area contributed by atoms with E-state index in [4.69, 9.17) is 0 Å². The van der Waals surface area contributed by atoms with Crippen LogP contribution in [0, 0.1) is 13.8 Å². The van der Waals surface area contributed by atoms with Gasteiger partial charge in [-0.2, -0.15) is 0 Å². The molecule has 0 aliphatic heterocycles. The Labute approximate surface area is 95.9 Å². The molecule has 1 aromatic heterocycles. The van der Waals surface area contributed by atoms with Gasteiger partial charge in [0.25, 0.3) is 0 Å². The van der Waals surface area contributed by atoms with Gasteiger partial charge in [-0.05, 0) is 35.8 Å². The van der Waals surface area contributed by atoms with E-state index in [9.17, 15) is 0 Å². The van der Waals surface area contributed by atoms with Crippen molar-refractivity contribution in [2.24, 2.45) is 0 Å². The van der Waals surface area contributed by atoms with E-state index in [1.807, 2.05) is 0 Å². The fraction of sp³-hybridized carbons (Fsp3) is 0.182. The van der Waals surface area contributed by atoms with Crippen LogP contribution in [0.15, 0.2) is 28.9 Å². The summed E-state index contributed by atoms with van der Waals surface area (Å²) in [6, 6.07) is 8.41. The Bertz CT molecular complexity index is 443. The van der Waals surface area contributed by atoms with E-state index in [-0.39, 0.29) is 0 Å².